The zero-order valence-electron chi connectivity index (χ0n) is 93.4. The molecule has 0 amide bonds. The van der Waals surface area contributed by atoms with Crippen molar-refractivity contribution in [1.82, 2.24) is 0 Å². The van der Waals surface area contributed by atoms with E-state index in [4.69, 9.17) is 34.4 Å². The first-order valence-corrected chi connectivity index (χ1v) is 50.6. The second-order valence-electron chi connectivity index (χ2n) is 40.1. The third-order valence-electron chi connectivity index (χ3n) is 30.4. The molecule has 2 aliphatic rings. The molecule has 0 radical (unpaired) electrons. The molecule has 0 N–H and O–H groups in total. The molecule has 10 heterocycles. The zero-order valence-corrected chi connectivity index (χ0v) is 84.4. The SMILES string of the molecule is [2H]C(C)(C)c1cc[n+](C)c(-c2c(C)ccc3c2oc2cc4ccccc4cc23)c1.[2H]C([2H])(C)c1cc[n+](C)c(-c2c(C)ccc3c2oc2cc4ccccc4cc23)c1.[2H]C([2H])([2H])C([2H])(C)c1cc[n+](C)c(-c2c(C)ccc3c2oc2cc4ccccc4cc23)c1.[2H]C1(c2cc[n+](C)c(-c3c(C)ccc4c3oc3cc5ccccc5cc34)c2)CCCC1.[2H]C1(c2cc[n+](C)c(-c3c(C)ccc4c3oc3cc5ccccc5cc34)c2)CCCCC1. The third-order valence-corrected chi connectivity index (χ3v) is 30.4. The molecule has 2 aliphatic carbocycles. The number of benzene rings is 15. The van der Waals surface area contributed by atoms with Crippen LogP contribution >= 0.6 is 0 Å². The van der Waals surface area contributed by atoms with E-state index in [9.17, 15) is 0 Å². The quantitative estimate of drug-likeness (QED) is 0.127. The molecule has 27 rings (SSSR count). The molecule has 0 saturated heterocycles. The maximum atomic E-state index is 9.15. The van der Waals surface area contributed by atoms with Gasteiger partial charge in [-0.1, -0.05) is 249 Å². The highest BCUT2D eigenvalue weighted by molar-refractivity contribution is 6.19. The van der Waals surface area contributed by atoms with Gasteiger partial charge in [-0.15, -0.1) is 0 Å². The maximum absolute atomic E-state index is 9.15. The van der Waals surface area contributed by atoms with Crippen LogP contribution < -0.4 is 22.8 Å². The normalized spacial score (nSPS) is 15.2. The van der Waals surface area contributed by atoms with Crippen LogP contribution in [0.25, 0.3) is 220 Å². The summed E-state index contributed by atoms with van der Waals surface area (Å²) in [6.07, 6.45) is 18.2. The zero-order chi connectivity index (χ0) is 107. The number of fused-ring (bicyclic) bond motifs is 20. The first-order chi connectivity index (χ1) is 73.3. The van der Waals surface area contributed by atoms with Gasteiger partial charge in [0.15, 0.2) is 31.0 Å². The van der Waals surface area contributed by atoms with Gasteiger partial charge < -0.3 is 22.1 Å². The highest BCUT2D eigenvalue weighted by atomic mass is 16.3. The largest absolute Gasteiger partial charge is 0.455 e. The van der Waals surface area contributed by atoms with Crippen molar-refractivity contribution >= 4 is 164 Å². The number of rotatable bonds is 10. The van der Waals surface area contributed by atoms with Gasteiger partial charge in [-0.05, 0) is 260 Å². The van der Waals surface area contributed by atoms with E-state index < -0.39 is 36.8 Å². The van der Waals surface area contributed by atoms with Crippen molar-refractivity contribution in [2.45, 2.75) is 157 Å². The lowest BCUT2D eigenvalue weighted by atomic mass is 9.84. The molecule has 2 fully saturated rings. The van der Waals surface area contributed by atoms with Crippen molar-refractivity contribution in [3.05, 3.63) is 390 Å². The summed E-state index contributed by atoms with van der Waals surface area (Å²) in [6.45, 7) is 15.0. The third kappa shape index (κ3) is 16.9. The van der Waals surface area contributed by atoms with Crippen LogP contribution in [0.5, 0.6) is 0 Å². The Bertz CT molecular complexity index is 9690. The van der Waals surface area contributed by atoms with Crippen molar-refractivity contribution in [3.63, 3.8) is 0 Å². The van der Waals surface area contributed by atoms with Gasteiger partial charge in [0.05, 0.1) is 27.8 Å². The van der Waals surface area contributed by atoms with E-state index in [2.05, 4.69) is 323 Å². The molecule has 144 heavy (non-hydrogen) atoms. The van der Waals surface area contributed by atoms with Crippen molar-refractivity contribution in [2.75, 3.05) is 0 Å². The van der Waals surface area contributed by atoms with Crippen LogP contribution in [0, 0.1) is 34.6 Å². The van der Waals surface area contributed by atoms with Gasteiger partial charge >= 0.3 is 0 Å². The summed E-state index contributed by atoms with van der Waals surface area (Å²) in [6, 6.07) is 105. The van der Waals surface area contributed by atoms with Crippen molar-refractivity contribution in [2.24, 2.45) is 35.2 Å². The number of nitrogens with zero attached hydrogens (tertiary/aromatic N) is 5. The lowest BCUT2D eigenvalue weighted by Crippen LogP contribution is -2.31. The molecule has 15 aromatic carbocycles. The molecule has 25 aromatic rings. The Hall–Kier alpha value is -15.7. The number of aryl methyl sites for hydroxylation is 11. The Balaban J connectivity index is 0.000000104. The summed E-state index contributed by atoms with van der Waals surface area (Å²) >= 11 is 0. The Kier molecular flexibility index (Phi) is 21.6. The topological polar surface area (TPSA) is 85.1 Å². The number of hydrogen-bond donors (Lipinski definition) is 0. The Morgan fingerprint density at radius 2 is 0.514 bits per heavy atom. The van der Waals surface area contributed by atoms with Crippen LogP contribution in [0.4, 0.5) is 0 Å². The molecule has 2 saturated carbocycles. The maximum Gasteiger partial charge on any atom is 0.216 e. The predicted octanol–water partition coefficient (Wildman–Crippen LogP) is 34.2. The van der Waals surface area contributed by atoms with Crippen LogP contribution in [0.1, 0.15) is 184 Å². The van der Waals surface area contributed by atoms with Crippen LogP contribution in [-0.2, 0) is 41.6 Å². The van der Waals surface area contributed by atoms with Gasteiger partial charge in [0.2, 0.25) is 28.5 Å². The minimum absolute atomic E-state index is 0.448. The molecule has 1 unspecified atom stereocenters. The molecular formula is C134H124N5O5+5. The number of hydrogen-bond acceptors (Lipinski definition) is 5. The molecule has 710 valence electrons. The first kappa shape index (κ1) is 82.0. The number of aromatic nitrogens is 5. The average molecular weight is 1890 g/mol. The van der Waals surface area contributed by atoms with E-state index in [1.54, 1.807) is 13.0 Å². The molecule has 0 aliphatic heterocycles. The van der Waals surface area contributed by atoms with Crippen LogP contribution in [0.3, 0.4) is 0 Å². The Morgan fingerprint density at radius 3 is 0.778 bits per heavy atom. The highest BCUT2D eigenvalue weighted by Gasteiger charge is 2.31. The van der Waals surface area contributed by atoms with E-state index in [1.165, 1.54) is 62.2 Å². The fraction of sp³-hybridized carbons (Fsp3) is 0.216. The van der Waals surface area contributed by atoms with Crippen LogP contribution in [-0.4, -0.2) is 0 Å². The van der Waals surface area contributed by atoms with E-state index in [1.807, 2.05) is 112 Å². The van der Waals surface area contributed by atoms with Crippen molar-refractivity contribution < 1.29 is 57.3 Å². The van der Waals surface area contributed by atoms with E-state index in [0.29, 0.717) is 11.1 Å². The Morgan fingerprint density at radius 1 is 0.278 bits per heavy atom. The average Bonchev–Trinajstić information content (AvgIpc) is 1.52. The van der Waals surface area contributed by atoms with Gasteiger partial charge in [-0.3, -0.25) is 0 Å². The number of pyridine rings is 5. The first-order valence-electron chi connectivity index (χ1n) is 55.1. The standard InChI is InChI=1S/C29H28NO.C28H26NO.2C26H24NO.C25H22NO/c1-19-12-13-24-25-16-21-10-6-7-11-22(21)18-27(25)31-29(24)28(19)26-17-23(14-15-30(26)2)20-8-4-3-5-9-20;1-18-11-12-23-24-15-20-9-5-6-10-21(20)17-26(24)30-28(23)27(18)25-16-22(13-14-29(25)2)19-7-3-4-8-19;2*1-16(2)18-11-12-27(4)23(14-18)25-17(3)9-10-21-22-13-19-7-5-6-8-20(19)15-24(22)28-26(21)25;1-4-17-11-12-26(3)22(13-17)24-16(2)9-10-20-21-14-18-7-5-6-8-19(18)15-23(21)27-25(20)24/h6-7,10-18,20H,3-5,8-9H2,1-2H3;5-6,9-17,19H,3-4,7-8H2,1-2H3;2*5-16H,1-4H3;5-15H,4H2,1-3H3/q5*+1/i20D;19D;1D3,16D;16D;4D2. The fourth-order valence-electron chi connectivity index (χ4n) is 22.3. The molecule has 0 bridgehead atoms. The summed E-state index contributed by atoms with van der Waals surface area (Å²) in [7, 11) is 10.1. The Labute approximate surface area is 854 Å². The van der Waals surface area contributed by atoms with Crippen LogP contribution in [0.2, 0.25) is 0 Å². The van der Waals surface area contributed by atoms with Gasteiger partial charge in [-0.25, -0.2) is 22.8 Å². The van der Waals surface area contributed by atoms with Crippen LogP contribution in [0.15, 0.2) is 356 Å². The summed E-state index contributed by atoms with van der Waals surface area (Å²) < 4.78 is 118. The molecule has 10 heteroatoms. The fourth-order valence-corrected chi connectivity index (χ4v) is 22.3. The summed E-state index contributed by atoms with van der Waals surface area (Å²) in [4.78, 5) is 0. The molecule has 1 atom stereocenters. The molecular weight excluding hydrogens is 1760 g/mol. The van der Waals surface area contributed by atoms with Gasteiger partial charge in [0.25, 0.3) is 0 Å². The van der Waals surface area contributed by atoms with Gasteiger partial charge in [0.1, 0.15) is 91.1 Å². The van der Waals surface area contributed by atoms with Crippen molar-refractivity contribution in [3.8, 4) is 56.3 Å². The monoisotopic (exact) mass is 1890 g/mol. The lowest BCUT2D eigenvalue weighted by Gasteiger charge is -2.21. The highest BCUT2D eigenvalue weighted by Crippen LogP contribution is 2.48. The smallest absolute Gasteiger partial charge is 0.216 e. The van der Waals surface area contributed by atoms with E-state index in [0.717, 1.165) is 267 Å². The summed E-state index contributed by atoms with van der Waals surface area (Å²) in [5.74, 6) is -3.31. The second-order valence-corrected chi connectivity index (χ2v) is 40.1. The lowest BCUT2D eigenvalue weighted by molar-refractivity contribution is -0.660. The summed E-state index contributed by atoms with van der Waals surface area (Å²) in [5.41, 5.74) is 29.2. The second kappa shape index (κ2) is 38.0. The minimum atomic E-state index is -2.44. The van der Waals surface area contributed by atoms with Crippen molar-refractivity contribution in [1.29, 1.82) is 0 Å². The van der Waals surface area contributed by atoms with Gasteiger partial charge in [0, 0.05) is 127 Å². The predicted molar refractivity (Wildman–Crippen MR) is 597 cm³/mol. The van der Waals surface area contributed by atoms with E-state index >= 15 is 0 Å². The summed E-state index contributed by atoms with van der Waals surface area (Å²) in [5, 5.41) is 23.0. The van der Waals surface area contributed by atoms with Gasteiger partial charge in [-0.2, -0.15) is 0 Å². The molecule has 0 spiro atoms. The van der Waals surface area contributed by atoms with E-state index in [-0.39, 0.29) is 0 Å². The minimum Gasteiger partial charge on any atom is -0.455 e. The molecule has 10 aromatic heterocycles. The molecule has 10 nitrogen and oxygen atoms in total. The number of furan rings is 5.